The van der Waals surface area contributed by atoms with Crippen molar-refractivity contribution in [2.75, 3.05) is 0 Å². The van der Waals surface area contributed by atoms with Crippen molar-refractivity contribution in [2.45, 2.75) is 6.18 Å². The van der Waals surface area contributed by atoms with Crippen molar-refractivity contribution < 1.29 is 18.0 Å². The lowest BCUT2D eigenvalue weighted by Crippen LogP contribution is -2.18. The number of halogens is 3. The molecule has 0 unspecified atom stereocenters. The highest BCUT2D eigenvalue weighted by Gasteiger charge is 2.30. The van der Waals surface area contributed by atoms with E-state index in [9.17, 15) is 18.0 Å². The van der Waals surface area contributed by atoms with Crippen molar-refractivity contribution in [1.82, 2.24) is 15.1 Å². The number of nitrogens with zero attached hydrogens (tertiary/aromatic N) is 3. The number of hydrogen-bond acceptors (Lipinski definition) is 4. The Morgan fingerprint density at radius 2 is 2.17 bits per heavy atom. The minimum atomic E-state index is -4.45. The monoisotopic (exact) mass is 352 g/mol. The summed E-state index contributed by atoms with van der Waals surface area (Å²) in [5.74, 6) is 0.216. The molecular formula is C15H11F3N4OS. The molecule has 1 aliphatic rings. The largest absolute Gasteiger partial charge is 0.416 e. The molecule has 0 aliphatic carbocycles. The van der Waals surface area contributed by atoms with E-state index in [1.807, 2.05) is 0 Å². The van der Waals surface area contributed by atoms with Crippen molar-refractivity contribution in [2.24, 2.45) is 12.0 Å². The average molecular weight is 352 g/mol. The van der Waals surface area contributed by atoms with Gasteiger partial charge in [-0.2, -0.15) is 18.3 Å². The van der Waals surface area contributed by atoms with Crippen molar-refractivity contribution in [3.05, 3.63) is 52.7 Å². The van der Waals surface area contributed by atoms with Crippen LogP contribution in [0.2, 0.25) is 0 Å². The number of aromatic nitrogens is 2. The molecule has 3 rings (SSSR count). The third kappa shape index (κ3) is 3.67. The molecule has 9 heteroatoms. The van der Waals surface area contributed by atoms with Crippen LogP contribution in [0.15, 0.2) is 46.6 Å². The van der Waals surface area contributed by atoms with Gasteiger partial charge in [0.15, 0.2) is 0 Å². The van der Waals surface area contributed by atoms with Crippen LogP contribution in [0.1, 0.15) is 11.1 Å². The van der Waals surface area contributed by atoms with E-state index in [0.29, 0.717) is 4.91 Å². The molecule has 24 heavy (non-hydrogen) atoms. The number of alkyl halides is 3. The number of thioether (sulfide) groups is 1. The number of carbonyl (C=O) groups excluding carboxylic acids is 1. The van der Waals surface area contributed by atoms with E-state index >= 15 is 0 Å². The van der Waals surface area contributed by atoms with Crippen molar-refractivity contribution >= 4 is 34.6 Å². The lowest BCUT2D eigenvalue weighted by Gasteiger charge is -2.07. The zero-order valence-electron chi connectivity index (χ0n) is 12.3. The predicted octanol–water partition coefficient (Wildman–Crippen LogP) is 3.97. The first-order valence-electron chi connectivity index (χ1n) is 6.77. The maximum absolute atomic E-state index is 12.8. The van der Waals surface area contributed by atoms with E-state index < -0.39 is 11.7 Å². The summed E-state index contributed by atoms with van der Waals surface area (Å²) in [5, 5.41) is 6.22. The van der Waals surface area contributed by atoms with Gasteiger partial charge in [-0.15, -0.1) is 0 Å². The predicted molar refractivity (Wildman–Crippen MR) is 85.8 cm³/mol. The number of amides is 1. The van der Waals surface area contributed by atoms with Gasteiger partial charge in [-0.1, -0.05) is 6.07 Å². The van der Waals surface area contributed by atoms with Gasteiger partial charge in [0, 0.05) is 18.8 Å². The van der Waals surface area contributed by atoms with E-state index in [-0.39, 0.29) is 16.8 Å². The standard InChI is InChI=1S/C15H11F3N4OS/c1-22-8-9(7-19-22)5-12-13(21-14(23)24-12)20-11-4-2-3-10(6-11)15(16,17)18/h2-8H,1H3,(H,20,21,23). The molecule has 1 aliphatic heterocycles. The quantitative estimate of drug-likeness (QED) is 0.890. The summed E-state index contributed by atoms with van der Waals surface area (Å²) in [4.78, 5) is 16.3. The molecule has 0 atom stereocenters. The van der Waals surface area contributed by atoms with Gasteiger partial charge in [0.2, 0.25) is 0 Å². The van der Waals surface area contributed by atoms with Crippen LogP contribution in [0.3, 0.4) is 0 Å². The van der Waals surface area contributed by atoms with Crippen LogP contribution < -0.4 is 5.32 Å². The van der Waals surface area contributed by atoms with Crippen LogP contribution in [0.25, 0.3) is 6.08 Å². The van der Waals surface area contributed by atoms with Crippen LogP contribution in [0.5, 0.6) is 0 Å². The molecule has 1 N–H and O–H groups in total. The van der Waals surface area contributed by atoms with Gasteiger partial charge in [-0.3, -0.25) is 9.48 Å². The summed E-state index contributed by atoms with van der Waals surface area (Å²) in [6.07, 6.45) is 0.608. The fourth-order valence-electron chi connectivity index (χ4n) is 2.06. The number of nitrogens with one attached hydrogen (secondary N) is 1. The highest BCUT2D eigenvalue weighted by Crippen LogP contribution is 2.33. The molecule has 1 amide bonds. The molecule has 124 valence electrons. The van der Waals surface area contributed by atoms with Crippen LogP contribution in [0.4, 0.5) is 23.7 Å². The highest BCUT2D eigenvalue weighted by molar-refractivity contribution is 8.18. The first-order chi connectivity index (χ1) is 11.3. The summed E-state index contributed by atoms with van der Waals surface area (Å²) in [6, 6.07) is 4.62. The molecular weight excluding hydrogens is 341 g/mol. The smallest absolute Gasteiger partial charge is 0.300 e. The first kappa shape index (κ1) is 16.3. The van der Waals surface area contributed by atoms with E-state index in [1.165, 1.54) is 12.1 Å². The summed E-state index contributed by atoms with van der Waals surface area (Å²) in [6.45, 7) is 0. The Labute approximate surface area is 139 Å². The van der Waals surface area contributed by atoms with Crippen LogP contribution in [-0.2, 0) is 13.2 Å². The Morgan fingerprint density at radius 1 is 1.38 bits per heavy atom. The molecule has 1 aromatic heterocycles. The summed E-state index contributed by atoms with van der Waals surface area (Å²) in [5.41, 5.74) is 0.0760. The number of aryl methyl sites for hydroxylation is 1. The highest BCUT2D eigenvalue weighted by atomic mass is 32.2. The molecule has 1 aromatic carbocycles. The number of rotatable bonds is 2. The lowest BCUT2D eigenvalue weighted by molar-refractivity contribution is -0.137. The molecule has 1 saturated heterocycles. The van der Waals surface area contributed by atoms with Gasteiger partial charge < -0.3 is 5.32 Å². The molecule has 2 heterocycles. The summed E-state index contributed by atoms with van der Waals surface area (Å²) >= 11 is 0.928. The third-order valence-electron chi connectivity index (χ3n) is 3.09. The zero-order chi connectivity index (χ0) is 17.3. The fourth-order valence-corrected chi connectivity index (χ4v) is 2.80. The third-order valence-corrected chi connectivity index (χ3v) is 3.91. The Hall–Kier alpha value is -2.55. The first-order valence-corrected chi connectivity index (χ1v) is 7.58. The Kier molecular flexibility index (Phi) is 4.18. The maximum atomic E-state index is 12.8. The molecule has 0 bridgehead atoms. The summed E-state index contributed by atoms with van der Waals surface area (Å²) < 4.78 is 39.9. The van der Waals surface area contributed by atoms with Crippen LogP contribution in [0, 0.1) is 0 Å². The lowest BCUT2D eigenvalue weighted by atomic mass is 10.2. The second-order valence-electron chi connectivity index (χ2n) is 4.98. The molecule has 5 nitrogen and oxygen atoms in total. The number of carbonyl (C=O) groups is 1. The number of benzene rings is 1. The van der Waals surface area contributed by atoms with Gasteiger partial charge >= 0.3 is 6.18 Å². The Bertz CT molecular complexity index is 854. The molecule has 0 radical (unpaired) electrons. The second kappa shape index (κ2) is 6.16. The van der Waals surface area contributed by atoms with Gasteiger partial charge in [0.05, 0.1) is 22.4 Å². The summed E-state index contributed by atoms with van der Waals surface area (Å²) in [7, 11) is 1.75. The van der Waals surface area contributed by atoms with Gasteiger partial charge in [-0.05, 0) is 36.0 Å². The number of amidine groups is 1. The van der Waals surface area contributed by atoms with E-state index in [0.717, 1.165) is 29.5 Å². The molecule has 2 aromatic rings. The van der Waals surface area contributed by atoms with Crippen molar-refractivity contribution in [1.29, 1.82) is 0 Å². The number of hydrogen-bond donors (Lipinski definition) is 1. The van der Waals surface area contributed by atoms with E-state index in [2.05, 4.69) is 15.4 Å². The molecule has 1 fully saturated rings. The van der Waals surface area contributed by atoms with Crippen LogP contribution in [-0.4, -0.2) is 20.9 Å². The van der Waals surface area contributed by atoms with Gasteiger partial charge in [-0.25, -0.2) is 4.99 Å². The van der Waals surface area contributed by atoms with Crippen molar-refractivity contribution in [3.8, 4) is 0 Å². The molecule has 0 saturated carbocycles. The fraction of sp³-hybridized carbons (Fsp3) is 0.133. The van der Waals surface area contributed by atoms with Crippen LogP contribution >= 0.6 is 11.8 Å². The van der Waals surface area contributed by atoms with Gasteiger partial charge in [0.25, 0.3) is 5.24 Å². The Morgan fingerprint density at radius 3 is 2.83 bits per heavy atom. The molecule has 0 spiro atoms. The van der Waals surface area contributed by atoms with E-state index in [1.54, 1.807) is 30.2 Å². The maximum Gasteiger partial charge on any atom is 0.416 e. The Balaban J connectivity index is 1.96. The topological polar surface area (TPSA) is 59.3 Å². The zero-order valence-corrected chi connectivity index (χ0v) is 13.1. The van der Waals surface area contributed by atoms with Crippen molar-refractivity contribution in [3.63, 3.8) is 0 Å². The minimum absolute atomic E-state index is 0.111. The second-order valence-corrected chi connectivity index (χ2v) is 5.99. The van der Waals surface area contributed by atoms with E-state index in [4.69, 9.17) is 0 Å². The SMILES string of the molecule is Cn1cc(C=C2SC(=O)NC2=Nc2cccc(C(F)(F)F)c2)cn1. The minimum Gasteiger partial charge on any atom is -0.300 e. The van der Waals surface area contributed by atoms with Gasteiger partial charge in [0.1, 0.15) is 5.84 Å². The average Bonchev–Trinajstić information content (AvgIpc) is 3.05. The number of aliphatic imine (C=N–C) groups is 1. The normalized spacial score (nSPS) is 18.4.